The third kappa shape index (κ3) is 3.00. The summed E-state index contributed by atoms with van der Waals surface area (Å²) in [5.74, 6) is -0.754. The van der Waals surface area contributed by atoms with Gasteiger partial charge in [0.2, 0.25) is 11.8 Å². The molecule has 0 spiro atoms. The molecular weight excluding hydrogens is 260 g/mol. The summed E-state index contributed by atoms with van der Waals surface area (Å²) < 4.78 is 4.62. The first kappa shape index (κ1) is 15.0. The maximum Gasteiger partial charge on any atom is 0.322 e. The number of imide groups is 1. The maximum atomic E-state index is 12.4. The highest BCUT2D eigenvalue weighted by Crippen LogP contribution is 2.27. The van der Waals surface area contributed by atoms with E-state index in [2.05, 4.69) is 10.1 Å². The van der Waals surface area contributed by atoms with Gasteiger partial charge in [-0.05, 0) is 19.8 Å². The Balaban J connectivity index is 1.99. The molecule has 2 rings (SSSR count). The number of hydrogen-bond donors (Lipinski definition) is 1. The van der Waals surface area contributed by atoms with Crippen LogP contribution >= 0.6 is 0 Å². The summed E-state index contributed by atoms with van der Waals surface area (Å²) in [4.78, 5) is 37.2. The predicted molar refractivity (Wildman–Crippen MR) is 71.7 cm³/mol. The van der Waals surface area contributed by atoms with E-state index in [4.69, 9.17) is 0 Å². The first-order valence-corrected chi connectivity index (χ1v) is 7.24. The number of rotatable bonds is 4. The summed E-state index contributed by atoms with van der Waals surface area (Å²) in [6.45, 7) is 1.63. The average molecular weight is 282 g/mol. The van der Waals surface area contributed by atoms with Crippen molar-refractivity contribution in [2.45, 2.75) is 63.6 Å². The summed E-state index contributed by atoms with van der Waals surface area (Å²) in [6, 6.07) is -1.14. The van der Waals surface area contributed by atoms with Gasteiger partial charge in [0.15, 0.2) is 0 Å². The van der Waals surface area contributed by atoms with Crippen molar-refractivity contribution in [1.29, 1.82) is 0 Å². The molecule has 20 heavy (non-hydrogen) atoms. The zero-order chi connectivity index (χ0) is 14.7. The van der Waals surface area contributed by atoms with Crippen LogP contribution in [0.25, 0.3) is 0 Å². The van der Waals surface area contributed by atoms with Crippen molar-refractivity contribution in [3.63, 3.8) is 0 Å². The smallest absolute Gasteiger partial charge is 0.322 e. The van der Waals surface area contributed by atoms with Crippen LogP contribution in [0.1, 0.15) is 45.4 Å². The topological polar surface area (TPSA) is 75.7 Å². The molecular formula is C14H22N2O4. The van der Waals surface area contributed by atoms with Crippen LogP contribution < -0.4 is 5.32 Å². The van der Waals surface area contributed by atoms with E-state index in [0.29, 0.717) is 0 Å². The van der Waals surface area contributed by atoms with Crippen LogP contribution in [0.4, 0.5) is 0 Å². The lowest BCUT2D eigenvalue weighted by Gasteiger charge is -2.29. The molecule has 0 aromatic carbocycles. The van der Waals surface area contributed by atoms with Gasteiger partial charge in [0.05, 0.1) is 19.6 Å². The zero-order valence-corrected chi connectivity index (χ0v) is 12.1. The molecule has 2 aliphatic rings. The molecule has 1 aliphatic heterocycles. The molecule has 1 aliphatic carbocycles. The lowest BCUT2D eigenvalue weighted by Crippen LogP contribution is -2.48. The zero-order valence-electron chi connectivity index (χ0n) is 12.1. The fourth-order valence-corrected chi connectivity index (χ4v) is 3.05. The number of amides is 2. The van der Waals surface area contributed by atoms with Gasteiger partial charge in [-0.3, -0.25) is 24.6 Å². The van der Waals surface area contributed by atoms with Crippen molar-refractivity contribution < 1.29 is 19.1 Å². The van der Waals surface area contributed by atoms with E-state index in [1.54, 1.807) is 6.92 Å². The van der Waals surface area contributed by atoms with Gasteiger partial charge in [-0.15, -0.1) is 0 Å². The highest BCUT2D eigenvalue weighted by atomic mass is 16.5. The number of likely N-dealkylation sites (tertiary alicyclic amines) is 1. The minimum atomic E-state index is -0.599. The van der Waals surface area contributed by atoms with Gasteiger partial charge in [0, 0.05) is 6.04 Å². The van der Waals surface area contributed by atoms with Crippen LogP contribution in [0, 0.1) is 0 Å². The Morgan fingerprint density at radius 2 is 1.95 bits per heavy atom. The Morgan fingerprint density at radius 3 is 2.55 bits per heavy atom. The van der Waals surface area contributed by atoms with Crippen molar-refractivity contribution in [2.75, 3.05) is 7.11 Å². The van der Waals surface area contributed by atoms with Crippen LogP contribution in [-0.2, 0) is 19.1 Å². The molecule has 1 saturated heterocycles. The standard InChI is InChI=1S/C14H22N2O4/c1-9(14(19)20-2)15-11-8-12(17)16(13(11)18)10-6-4-3-5-7-10/h9-11,15H,3-8H2,1-2H3. The van der Waals surface area contributed by atoms with Crippen LogP contribution in [-0.4, -0.2) is 47.9 Å². The molecule has 1 N–H and O–H groups in total. The third-order valence-corrected chi connectivity index (χ3v) is 4.13. The number of esters is 1. The normalized spacial score (nSPS) is 25.9. The Hall–Kier alpha value is -1.43. The molecule has 6 heteroatoms. The number of carbonyl (C=O) groups excluding carboxylic acids is 3. The van der Waals surface area contributed by atoms with E-state index in [1.807, 2.05) is 0 Å². The van der Waals surface area contributed by atoms with Gasteiger partial charge < -0.3 is 4.74 Å². The Bertz CT molecular complexity index is 404. The van der Waals surface area contributed by atoms with E-state index in [9.17, 15) is 14.4 Å². The highest BCUT2D eigenvalue weighted by Gasteiger charge is 2.43. The minimum absolute atomic E-state index is 0.0454. The van der Waals surface area contributed by atoms with Gasteiger partial charge in [-0.25, -0.2) is 0 Å². The second-order valence-corrected chi connectivity index (χ2v) is 5.56. The molecule has 0 bridgehead atoms. The number of methoxy groups -OCH3 is 1. The first-order chi connectivity index (χ1) is 9.54. The minimum Gasteiger partial charge on any atom is -0.468 e. The van der Waals surface area contributed by atoms with Gasteiger partial charge >= 0.3 is 5.97 Å². The molecule has 2 unspecified atom stereocenters. The van der Waals surface area contributed by atoms with E-state index < -0.39 is 18.1 Å². The quantitative estimate of drug-likeness (QED) is 0.603. The SMILES string of the molecule is COC(=O)C(C)NC1CC(=O)N(C2CCCCC2)C1=O. The number of carbonyl (C=O) groups is 3. The van der Waals surface area contributed by atoms with Crippen molar-refractivity contribution in [2.24, 2.45) is 0 Å². The first-order valence-electron chi connectivity index (χ1n) is 7.24. The van der Waals surface area contributed by atoms with Crippen molar-refractivity contribution in [3.8, 4) is 0 Å². The summed E-state index contributed by atoms with van der Waals surface area (Å²) in [7, 11) is 1.30. The van der Waals surface area contributed by atoms with Gasteiger partial charge in [-0.2, -0.15) is 0 Å². The summed E-state index contributed by atoms with van der Waals surface area (Å²) in [5, 5.41) is 2.89. The van der Waals surface area contributed by atoms with Crippen LogP contribution in [0.3, 0.4) is 0 Å². The van der Waals surface area contributed by atoms with Gasteiger partial charge in [-0.1, -0.05) is 19.3 Å². The van der Waals surface area contributed by atoms with Crippen LogP contribution in [0.15, 0.2) is 0 Å². The van der Waals surface area contributed by atoms with E-state index >= 15 is 0 Å². The van der Waals surface area contributed by atoms with E-state index in [0.717, 1.165) is 25.7 Å². The van der Waals surface area contributed by atoms with Crippen LogP contribution in [0.2, 0.25) is 0 Å². The van der Waals surface area contributed by atoms with Crippen LogP contribution in [0.5, 0.6) is 0 Å². The summed E-state index contributed by atoms with van der Waals surface area (Å²) in [5.41, 5.74) is 0. The average Bonchev–Trinajstić information content (AvgIpc) is 2.73. The molecule has 1 heterocycles. The lowest BCUT2D eigenvalue weighted by atomic mass is 9.94. The second kappa shape index (κ2) is 6.35. The summed E-state index contributed by atoms with van der Waals surface area (Å²) >= 11 is 0. The monoisotopic (exact) mass is 282 g/mol. The molecule has 2 fully saturated rings. The van der Waals surface area contributed by atoms with Crippen molar-refractivity contribution in [1.82, 2.24) is 10.2 Å². The van der Waals surface area contributed by atoms with E-state index in [1.165, 1.54) is 18.4 Å². The van der Waals surface area contributed by atoms with Gasteiger partial charge in [0.25, 0.3) is 0 Å². The van der Waals surface area contributed by atoms with Gasteiger partial charge in [0.1, 0.15) is 6.04 Å². The Kier molecular flexibility index (Phi) is 4.75. The fourth-order valence-electron chi connectivity index (χ4n) is 3.05. The lowest BCUT2D eigenvalue weighted by molar-refractivity contribution is -0.143. The molecule has 2 amide bonds. The molecule has 1 saturated carbocycles. The predicted octanol–water partition coefficient (Wildman–Crippen LogP) is 0.598. The number of hydrogen-bond acceptors (Lipinski definition) is 5. The second-order valence-electron chi connectivity index (χ2n) is 5.56. The number of nitrogens with zero attached hydrogens (tertiary/aromatic N) is 1. The van der Waals surface area contributed by atoms with Crippen molar-refractivity contribution >= 4 is 17.8 Å². The van der Waals surface area contributed by atoms with E-state index in [-0.39, 0.29) is 24.3 Å². The number of nitrogens with one attached hydrogen (secondary N) is 1. The molecule has 112 valence electrons. The maximum absolute atomic E-state index is 12.4. The largest absolute Gasteiger partial charge is 0.468 e. The third-order valence-electron chi connectivity index (χ3n) is 4.13. The Morgan fingerprint density at radius 1 is 1.30 bits per heavy atom. The molecule has 2 atom stereocenters. The van der Waals surface area contributed by atoms with Crippen molar-refractivity contribution in [3.05, 3.63) is 0 Å². The molecule has 0 radical (unpaired) electrons. The number of ether oxygens (including phenoxy) is 1. The molecule has 6 nitrogen and oxygen atoms in total. The Labute approximate surface area is 118 Å². The highest BCUT2D eigenvalue weighted by molar-refractivity contribution is 6.06. The molecule has 0 aromatic heterocycles. The summed E-state index contributed by atoms with van der Waals surface area (Å²) in [6.07, 6.45) is 5.24. The fraction of sp³-hybridized carbons (Fsp3) is 0.786. The molecule has 0 aromatic rings.